The monoisotopic (exact) mass is 466 g/mol. The van der Waals surface area contributed by atoms with Crippen molar-refractivity contribution in [3.8, 4) is 11.1 Å². The number of carbonyl (C=O) groups is 3. The maximum atomic E-state index is 12.3. The van der Waals surface area contributed by atoms with Crippen LogP contribution in [0.15, 0.2) is 48.5 Å². The van der Waals surface area contributed by atoms with Gasteiger partial charge in [-0.1, -0.05) is 55.5 Å². The number of rotatable bonds is 9. The van der Waals surface area contributed by atoms with Crippen molar-refractivity contribution >= 4 is 18.0 Å². The molecule has 2 aliphatic rings. The van der Waals surface area contributed by atoms with Crippen molar-refractivity contribution in [2.75, 3.05) is 26.3 Å². The lowest BCUT2D eigenvalue weighted by Gasteiger charge is -2.16. The van der Waals surface area contributed by atoms with E-state index in [0.717, 1.165) is 11.1 Å². The van der Waals surface area contributed by atoms with E-state index in [1.165, 1.54) is 11.1 Å². The van der Waals surface area contributed by atoms with Crippen molar-refractivity contribution in [2.24, 2.45) is 11.8 Å². The molecule has 2 aromatic rings. The molecule has 1 saturated heterocycles. The van der Waals surface area contributed by atoms with Crippen LogP contribution in [0.25, 0.3) is 11.1 Å². The molecule has 34 heavy (non-hydrogen) atoms. The zero-order chi connectivity index (χ0) is 24.1. The maximum Gasteiger partial charge on any atom is 0.407 e. The molecule has 8 nitrogen and oxygen atoms in total. The third-order valence-electron chi connectivity index (χ3n) is 6.63. The summed E-state index contributed by atoms with van der Waals surface area (Å²) in [5.74, 6) is -2.11. The number of amides is 2. The summed E-state index contributed by atoms with van der Waals surface area (Å²) in [6.45, 7) is 2.59. The van der Waals surface area contributed by atoms with Gasteiger partial charge in [0.25, 0.3) is 0 Å². The number of nitrogens with one attached hydrogen (secondary N) is 2. The molecule has 4 rings (SSSR count). The fourth-order valence-electron chi connectivity index (χ4n) is 4.65. The van der Waals surface area contributed by atoms with Crippen LogP contribution in [-0.4, -0.2) is 55.5 Å². The van der Waals surface area contributed by atoms with Crippen LogP contribution in [0.3, 0.4) is 0 Å². The summed E-state index contributed by atoms with van der Waals surface area (Å²) in [4.78, 5) is 35.8. The molecule has 180 valence electrons. The highest BCUT2D eigenvalue weighted by Crippen LogP contribution is 2.44. The van der Waals surface area contributed by atoms with Crippen LogP contribution in [0.5, 0.6) is 0 Å². The molecule has 1 heterocycles. The minimum Gasteiger partial charge on any atom is -0.481 e. The van der Waals surface area contributed by atoms with Crippen LogP contribution in [0.4, 0.5) is 4.79 Å². The van der Waals surface area contributed by atoms with E-state index in [9.17, 15) is 14.4 Å². The van der Waals surface area contributed by atoms with Crippen LogP contribution in [0, 0.1) is 11.8 Å². The van der Waals surface area contributed by atoms with E-state index in [1.54, 1.807) is 6.92 Å². The van der Waals surface area contributed by atoms with Crippen LogP contribution >= 0.6 is 0 Å². The first-order chi connectivity index (χ1) is 16.5. The molecule has 3 unspecified atom stereocenters. The van der Waals surface area contributed by atoms with Crippen LogP contribution < -0.4 is 10.6 Å². The Morgan fingerprint density at radius 3 is 2.32 bits per heavy atom. The van der Waals surface area contributed by atoms with E-state index in [-0.39, 0.29) is 50.2 Å². The molecule has 2 aromatic carbocycles. The summed E-state index contributed by atoms with van der Waals surface area (Å²) in [7, 11) is 0. The highest BCUT2D eigenvalue weighted by atomic mass is 16.5. The third-order valence-corrected chi connectivity index (χ3v) is 6.63. The van der Waals surface area contributed by atoms with Gasteiger partial charge in [-0.25, -0.2) is 4.79 Å². The molecular weight excluding hydrogens is 436 g/mol. The first kappa shape index (κ1) is 23.8. The summed E-state index contributed by atoms with van der Waals surface area (Å²) < 4.78 is 11.2. The number of hydrogen-bond donors (Lipinski definition) is 3. The minimum atomic E-state index is -0.921. The van der Waals surface area contributed by atoms with Gasteiger partial charge >= 0.3 is 12.1 Å². The van der Waals surface area contributed by atoms with Crippen LogP contribution in [-0.2, 0) is 19.1 Å². The topological polar surface area (TPSA) is 114 Å². The van der Waals surface area contributed by atoms with E-state index >= 15 is 0 Å². The molecule has 0 bridgehead atoms. The maximum absolute atomic E-state index is 12.3. The van der Waals surface area contributed by atoms with Gasteiger partial charge in [0.2, 0.25) is 5.91 Å². The number of benzene rings is 2. The number of carboxylic acids is 1. The Balaban J connectivity index is 1.22. The number of carbonyl (C=O) groups excluding carboxylic acids is 2. The van der Waals surface area contributed by atoms with Crippen LogP contribution in [0.1, 0.15) is 36.8 Å². The average Bonchev–Trinajstić information content (AvgIpc) is 3.44. The van der Waals surface area contributed by atoms with Gasteiger partial charge in [-0.05, 0) is 35.1 Å². The van der Waals surface area contributed by atoms with Gasteiger partial charge in [0, 0.05) is 19.0 Å². The lowest BCUT2D eigenvalue weighted by Crippen LogP contribution is -2.37. The van der Waals surface area contributed by atoms with E-state index < -0.39 is 18.0 Å². The van der Waals surface area contributed by atoms with E-state index in [1.807, 2.05) is 24.3 Å². The Hall–Kier alpha value is -3.39. The van der Waals surface area contributed by atoms with Crippen molar-refractivity contribution in [1.82, 2.24) is 10.6 Å². The van der Waals surface area contributed by atoms with E-state index in [4.69, 9.17) is 14.6 Å². The average molecular weight is 467 g/mol. The molecule has 0 spiro atoms. The Kier molecular flexibility index (Phi) is 7.47. The molecule has 1 aliphatic heterocycles. The van der Waals surface area contributed by atoms with Gasteiger partial charge < -0.3 is 25.2 Å². The first-order valence-corrected chi connectivity index (χ1v) is 11.7. The summed E-state index contributed by atoms with van der Waals surface area (Å²) in [6.07, 6.45) is 0.0892. The SMILES string of the molecule is CCC(CNC(=O)C1COC(CNC(=O)OCC2c3ccccc3-c3ccccc32)C1)C(=O)O. The molecule has 1 fully saturated rings. The largest absolute Gasteiger partial charge is 0.481 e. The van der Waals surface area contributed by atoms with Crippen LogP contribution in [0.2, 0.25) is 0 Å². The van der Waals surface area contributed by atoms with Gasteiger partial charge in [0.15, 0.2) is 0 Å². The molecular formula is C26H30N2O6. The number of ether oxygens (including phenoxy) is 2. The molecule has 3 atom stereocenters. The second kappa shape index (κ2) is 10.7. The molecule has 3 N–H and O–H groups in total. The van der Waals surface area contributed by atoms with Gasteiger partial charge in [-0.15, -0.1) is 0 Å². The lowest BCUT2D eigenvalue weighted by atomic mass is 9.98. The summed E-state index contributed by atoms with van der Waals surface area (Å²) in [5.41, 5.74) is 4.64. The van der Waals surface area contributed by atoms with Gasteiger partial charge in [0.05, 0.1) is 24.5 Å². The van der Waals surface area contributed by atoms with Crippen molar-refractivity contribution < 1.29 is 29.0 Å². The Labute approximate surface area is 198 Å². The zero-order valence-electron chi connectivity index (χ0n) is 19.2. The highest BCUT2D eigenvalue weighted by molar-refractivity contribution is 5.80. The normalized spacial score (nSPS) is 19.7. The molecule has 0 radical (unpaired) electrons. The van der Waals surface area contributed by atoms with Crippen molar-refractivity contribution in [2.45, 2.75) is 31.8 Å². The van der Waals surface area contributed by atoms with Gasteiger partial charge in [-0.3, -0.25) is 9.59 Å². The Bertz CT molecular complexity index is 1010. The number of hydrogen-bond acceptors (Lipinski definition) is 5. The fraction of sp³-hybridized carbons (Fsp3) is 0.423. The number of fused-ring (bicyclic) bond motifs is 3. The Morgan fingerprint density at radius 2 is 1.71 bits per heavy atom. The highest BCUT2D eigenvalue weighted by Gasteiger charge is 2.32. The number of carboxylic acid groups (broad SMARTS) is 1. The first-order valence-electron chi connectivity index (χ1n) is 11.7. The second-order valence-electron chi connectivity index (χ2n) is 8.78. The minimum absolute atomic E-state index is 0.00768. The number of aliphatic carboxylic acids is 1. The lowest BCUT2D eigenvalue weighted by molar-refractivity contribution is -0.141. The predicted molar refractivity (Wildman–Crippen MR) is 125 cm³/mol. The zero-order valence-corrected chi connectivity index (χ0v) is 19.2. The van der Waals surface area contributed by atoms with Gasteiger partial charge in [0.1, 0.15) is 6.61 Å². The molecule has 0 aromatic heterocycles. The smallest absolute Gasteiger partial charge is 0.407 e. The van der Waals surface area contributed by atoms with E-state index in [2.05, 4.69) is 34.9 Å². The van der Waals surface area contributed by atoms with Crippen molar-refractivity contribution in [3.05, 3.63) is 59.7 Å². The fourth-order valence-corrected chi connectivity index (χ4v) is 4.65. The quantitative estimate of drug-likeness (QED) is 0.523. The molecule has 8 heteroatoms. The summed E-state index contributed by atoms with van der Waals surface area (Å²) in [6, 6.07) is 16.3. The summed E-state index contributed by atoms with van der Waals surface area (Å²) in [5, 5.41) is 14.5. The van der Waals surface area contributed by atoms with Crippen molar-refractivity contribution in [1.29, 1.82) is 0 Å². The summed E-state index contributed by atoms with van der Waals surface area (Å²) >= 11 is 0. The third kappa shape index (κ3) is 5.22. The number of alkyl carbamates (subject to hydrolysis) is 1. The standard InChI is InChI=1S/C26H30N2O6/c1-2-16(25(30)31)12-27-24(29)17-11-18(33-14-17)13-28-26(32)34-15-23-21-9-5-3-7-19(21)20-8-4-6-10-22(20)23/h3-10,16-18,23H,2,11-15H2,1H3,(H,27,29)(H,28,32)(H,30,31). The van der Waals surface area contributed by atoms with Crippen molar-refractivity contribution in [3.63, 3.8) is 0 Å². The molecule has 1 aliphatic carbocycles. The Morgan fingerprint density at radius 1 is 1.06 bits per heavy atom. The molecule has 0 saturated carbocycles. The predicted octanol–water partition coefficient (Wildman–Crippen LogP) is 3.16. The van der Waals surface area contributed by atoms with Gasteiger partial charge in [-0.2, -0.15) is 0 Å². The molecule has 2 amide bonds. The van der Waals surface area contributed by atoms with E-state index in [0.29, 0.717) is 12.8 Å². The second-order valence-corrected chi connectivity index (χ2v) is 8.78.